The maximum atomic E-state index is 9.99. The summed E-state index contributed by atoms with van der Waals surface area (Å²) in [5, 5.41) is 13.1. The maximum Gasteiger partial charge on any atom is 0.124 e. The van der Waals surface area contributed by atoms with E-state index in [9.17, 15) is 5.11 Å². The number of nitrogens with one attached hydrogen (secondary N) is 1. The molecule has 0 aromatic heterocycles. The number of aliphatic hydroxyl groups excluding tert-OH is 1. The first kappa shape index (κ1) is 12.8. The number of ether oxygens (including phenoxy) is 2. The predicted octanol–water partition coefficient (Wildman–Crippen LogP) is 1.35. The summed E-state index contributed by atoms with van der Waals surface area (Å²) >= 11 is 0. The quantitative estimate of drug-likeness (QED) is 0.767. The van der Waals surface area contributed by atoms with Crippen LogP contribution in [0, 0.1) is 0 Å². The maximum absolute atomic E-state index is 9.99. The van der Waals surface area contributed by atoms with Gasteiger partial charge in [0, 0.05) is 12.1 Å². The molecule has 0 saturated heterocycles. The fourth-order valence-corrected chi connectivity index (χ4v) is 1.49. The summed E-state index contributed by atoms with van der Waals surface area (Å²) in [5.74, 6) is 1.39. The van der Waals surface area contributed by atoms with Crippen LogP contribution in [0.4, 0.5) is 0 Å². The van der Waals surface area contributed by atoms with Crippen LogP contribution < -0.4 is 14.8 Å². The van der Waals surface area contributed by atoms with Gasteiger partial charge in [0.25, 0.3) is 0 Å². The summed E-state index contributed by atoms with van der Waals surface area (Å²) in [6, 6.07) is 5.40. The molecule has 2 N–H and O–H groups in total. The fourth-order valence-electron chi connectivity index (χ4n) is 1.49. The van der Waals surface area contributed by atoms with Gasteiger partial charge in [0.2, 0.25) is 0 Å². The number of aliphatic hydroxyl groups is 1. The number of likely N-dealkylation sites (N-methyl/N-ethyl adjacent to an activating group) is 1. The Morgan fingerprint density at radius 1 is 1.31 bits per heavy atom. The van der Waals surface area contributed by atoms with Gasteiger partial charge in [0.05, 0.1) is 20.3 Å². The Bertz CT molecular complexity index is 328. The molecular weight excluding hydrogens is 206 g/mol. The van der Waals surface area contributed by atoms with Crippen molar-refractivity contribution in [2.45, 2.75) is 13.0 Å². The van der Waals surface area contributed by atoms with E-state index in [1.165, 1.54) is 0 Å². The molecule has 0 aliphatic carbocycles. The SMILES string of the molecule is CCNCC(O)c1cc(OC)ccc1OC. The van der Waals surface area contributed by atoms with Gasteiger partial charge in [-0.2, -0.15) is 0 Å². The first-order valence-corrected chi connectivity index (χ1v) is 5.33. The molecule has 4 heteroatoms. The van der Waals surface area contributed by atoms with Crippen molar-refractivity contribution in [2.24, 2.45) is 0 Å². The minimum absolute atomic E-state index is 0.500. The summed E-state index contributed by atoms with van der Waals surface area (Å²) in [6.07, 6.45) is -0.593. The van der Waals surface area contributed by atoms with Gasteiger partial charge in [-0.05, 0) is 24.7 Å². The van der Waals surface area contributed by atoms with E-state index in [1.54, 1.807) is 26.4 Å². The zero-order valence-electron chi connectivity index (χ0n) is 9.99. The minimum Gasteiger partial charge on any atom is -0.497 e. The first-order chi connectivity index (χ1) is 7.72. The van der Waals surface area contributed by atoms with E-state index in [0.29, 0.717) is 18.0 Å². The van der Waals surface area contributed by atoms with E-state index in [4.69, 9.17) is 9.47 Å². The van der Waals surface area contributed by atoms with Gasteiger partial charge in [-0.25, -0.2) is 0 Å². The van der Waals surface area contributed by atoms with Gasteiger partial charge in [0.15, 0.2) is 0 Å². The summed E-state index contributed by atoms with van der Waals surface area (Å²) < 4.78 is 10.3. The highest BCUT2D eigenvalue weighted by Crippen LogP contribution is 2.28. The minimum atomic E-state index is -0.593. The fraction of sp³-hybridized carbons (Fsp3) is 0.500. The van der Waals surface area contributed by atoms with Crippen LogP contribution in [-0.2, 0) is 0 Å². The molecule has 0 aliphatic rings. The molecule has 1 aromatic rings. The van der Waals surface area contributed by atoms with Crippen molar-refractivity contribution < 1.29 is 14.6 Å². The highest BCUT2D eigenvalue weighted by Gasteiger charge is 2.13. The highest BCUT2D eigenvalue weighted by atomic mass is 16.5. The molecule has 0 fully saturated rings. The number of hydrogen-bond donors (Lipinski definition) is 2. The Hall–Kier alpha value is -1.26. The molecule has 0 amide bonds. The molecule has 16 heavy (non-hydrogen) atoms. The second-order valence-electron chi connectivity index (χ2n) is 3.43. The molecule has 0 aliphatic heterocycles. The first-order valence-electron chi connectivity index (χ1n) is 5.33. The van der Waals surface area contributed by atoms with Gasteiger partial charge in [-0.1, -0.05) is 6.92 Å². The van der Waals surface area contributed by atoms with E-state index < -0.39 is 6.10 Å². The topological polar surface area (TPSA) is 50.7 Å². The van der Waals surface area contributed by atoms with E-state index in [0.717, 1.165) is 12.1 Å². The van der Waals surface area contributed by atoms with Crippen LogP contribution in [0.3, 0.4) is 0 Å². The third kappa shape index (κ3) is 3.12. The number of benzene rings is 1. The molecule has 0 radical (unpaired) electrons. The van der Waals surface area contributed by atoms with Crippen molar-refractivity contribution in [3.05, 3.63) is 23.8 Å². The van der Waals surface area contributed by atoms with Crippen molar-refractivity contribution in [3.63, 3.8) is 0 Å². The van der Waals surface area contributed by atoms with Gasteiger partial charge in [-0.3, -0.25) is 0 Å². The van der Waals surface area contributed by atoms with Gasteiger partial charge >= 0.3 is 0 Å². The lowest BCUT2D eigenvalue weighted by Crippen LogP contribution is -2.21. The standard InChI is InChI=1S/C12H19NO3/c1-4-13-8-11(14)10-7-9(15-2)5-6-12(10)16-3/h5-7,11,13-14H,4,8H2,1-3H3. The van der Waals surface area contributed by atoms with Crippen LogP contribution >= 0.6 is 0 Å². The van der Waals surface area contributed by atoms with E-state index in [2.05, 4.69) is 5.32 Å². The van der Waals surface area contributed by atoms with Crippen LogP contribution in [0.1, 0.15) is 18.6 Å². The zero-order chi connectivity index (χ0) is 12.0. The van der Waals surface area contributed by atoms with Crippen LogP contribution in [0.2, 0.25) is 0 Å². The van der Waals surface area contributed by atoms with Crippen LogP contribution in [0.15, 0.2) is 18.2 Å². The molecule has 4 nitrogen and oxygen atoms in total. The third-order valence-corrected chi connectivity index (χ3v) is 2.38. The second-order valence-corrected chi connectivity index (χ2v) is 3.43. The monoisotopic (exact) mass is 225 g/mol. The lowest BCUT2D eigenvalue weighted by Gasteiger charge is -2.16. The number of rotatable bonds is 6. The Labute approximate surface area is 96.2 Å². The number of hydrogen-bond acceptors (Lipinski definition) is 4. The molecule has 1 rings (SSSR count). The van der Waals surface area contributed by atoms with Crippen molar-refractivity contribution in [3.8, 4) is 11.5 Å². The lowest BCUT2D eigenvalue weighted by molar-refractivity contribution is 0.171. The predicted molar refractivity (Wildman–Crippen MR) is 63.0 cm³/mol. The van der Waals surface area contributed by atoms with E-state index >= 15 is 0 Å². The van der Waals surface area contributed by atoms with Gasteiger partial charge < -0.3 is 19.9 Å². The van der Waals surface area contributed by atoms with Crippen LogP contribution in [0.5, 0.6) is 11.5 Å². The van der Waals surface area contributed by atoms with E-state index in [1.807, 2.05) is 13.0 Å². The summed E-state index contributed by atoms with van der Waals surface area (Å²) in [7, 11) is 3.19. The van der Waals surface area contributed by atoms with Crippen LogP contribution in [-0.4, -0.2) is 32.4 Å². The van der Waals surface area contributed by atoms with Crippen molar-refractivity contribution in [2.75, 3.05) is 27.3 Å². The van der Waals surface area contributed by atoms with Crippen LogP contribution in [0.25, 0.3) is 0 Å². The Morgan fingerprint density at radius 2 is 2.06 bits per heavy atom. The number of methoxy groups -OCH3 is 2. The van der Waals surface area contributed by atoms with Gasteiger partial charge in [0.1, 0.15) is 11.5 Å². The third-order valence-electron chi connectivity index (χ3n) is 2.38. The molecule has 1 atom stereocenters. The largest absolute Gasteiger partial charge is 0.497 e. The molecule has 0 heterocycles. The second kappa shape index (κ2) is 6.35. The van der Waals surface area contributed by atoms with Crippen molar-refractivity contribution in [1.29, 1.82) is 0 Å². The summed E-state index contributed by atoms with van der Waals surface area (Å²) in [4.78, 5) is 0. The van der Waals surface area contributed by atoms with E-state index in [-0.39, 0.29) is 0 Å². The molecule has 0 spiro atoms. The molecular formula is C12H19NO3. The average Bonchev–Trinajstić information content (AvgIpc) is 2.35. The van der Waals surface area contributed by atoms with Crippen molar-refractivity contribution in [1.82, 2.24) is 5.32 Å². The molecule has 0 saturated carbocycles. The van der Waals surface area contributed by atoms with Gasteiger partial charge in [-0.15, -0.1) is 0 Å². The Balaban J connectivity index is 2.89. The molecule has 0 bridgehead atoms. The highest BCUT2D eigenvalue weighted by molar-refractivity contribution is 5.41. The molecule has 90 valence electrons. The zero-order valence-corrected chi connectivity index (χ0v) is 9.99. The molecule has 1 aromatic carbocycles. The Kier molecular flexibility index (Phi) is 5.08. The molecule has 1 unspecified atom stereocenters. The normalized spacial score (nSPS) is 12.2. The smallest absolute Gasteiger partial charge is 0.124 e. The summed E-state index contributed by atoms with van der Waals surface area (Å²) in [5.41, 5.74) is 0.739. The summed E-state index contributed by atoms with van der Waals surface area (Å²) in [6.45, 7) is 3.32. The van der Waals surface area contributed by atoms with Crippen molar-refractivity contribution >= 4 is 0 Å². The average molecular weight is 225 g/mol. The lowest BCUT2D eigenvalue weighted by atomic mass is 10.1. The Morgan fingerprint density at radius 3 is 2.62 bits per heavy atom.